The number of hydrogen-bond acceptors (Lipinski definition) is 5. The van der Waals surface area contributed by atoms with Gasteiger partial charge in [-0.3, -0.25) is 4.68 Å². The van der Waals surface area contributed by atoms with E-state index in [2.05, 4.69) is 47.8 Å². The van der Waals surface area contributed by atoms with Gasteiger partial charge in [-0.05, 0) is 98.9 Å². The van der Waals surface area contributed by atoms with E-state index in [1.165, 1.54) is 12.1 Å². The van der Waals surface area contributed by atoms with E-state index in [0.717, 1.165) is 69.2 Å². The van der Waals surface area contributed by atoms with Crippen molar-refractivity contribution in [1.82, 2.24) is 14.3 Å². The summed E-state index contributed by atoms with van der Waals surface area (Å²) >= 11 is 0. The average Bonchev–Trinajstić information content (AvgIpc) is 3.53. The number of carbonyl (C=O) groups excluding carboxylic acids is 1. The Morgan fingerprint density at radius 3 is 2.59 bits per heavy atom. The van der Waals surface area contributed by atoms with Gasteiger partial charge in [-0.2, -0.15) is 5.10 Å². The van der Waals surface area contributed by atoms with Crippen molar-refractivity contribution in [2.45, 2.75) is 66.0 Å². The van der Waals surface area contributed by atoms with Crippen LogP contribution in [0.15, 0.2) is 60.7 Å². The fourth-order valence-corrected chi connectivity index (χ4v) is 5.76. The lowest BCUT2D eigenvalue weighted by Gasteiger charge is -2.13. The number of fused-ring (bicyclic) bond motifs is 2. The molecular formula is C36H42FN3O4. The number of rotatable bonds is 15. The maximum absolute atomic E-state index is 13.7. The van der Waals surface area contributed by atoms with E-state index >= 15 is 0 Å². The third-order valence-corrected chi connectivity index (χ3v) is 7.98. The van der Waals surface area contributed by atoms with E-state index < -0.39 is 0 Å². The first-order chi connectivity index (χ1) is 21.4. The van der Waals surface area contributed by atoms with Crippen LogP contribution < -0.4 is 4.74 Å². The van der Waals surface area contributed by atoms with Crippen molar-refractivity contribution in [2.75, 3.05) is 19.8 Å². The van der Waals surface area contributed by atoms with E-state index in [1.807, 2.05) is 36.9 Å². The maximum Gasteiger partial charge on any atom is 0.355 e. The van der Waals surface area contributed by atoms with E-state index in [-0.39, 0.29) is 11.8 Å². The van der Waals surface area contributed by atoms with Crippen molar-refractivity contribution in [3.63, 3.8) is 0 Å². The van der Waals surface area contributed by atoms with E-state index in [9.17, 15) is 9.18 Å². The van der Waals surface area contributed by atoms with Gasteiger partial charge >= 0.3 is 5.97 Å². The molecule has 7 nitrogen and oxygen atoms in total. The number of unbranched alkanes of at least 4 members (excludes halogenated alkanes) is 1. The Morgan fingerprint density at radius 2 is 1.80 bits per heavy atom. The van der Waals surface area contributed by atoms with Crippen molar-refractivity contribution in [3.8, 4) is 5.75 Å². The third kappa shape index (κ3) is 7.13. The van der Waals surface area contributed by atoms with Gasteiger partial charge in [0, 0.05) is 36.5 Å². The van der Waals surface area contributed by atoms with Gasteiger partial charge in [0.2, 0.25) is 0 Å². The molecule has 0 saturated carbocycles. The van der Waals surface area contributed by atoms with Crippen molar-refractivity contribution in [2.24, 2.45) is 7.05 Å². The molecule has 44 heavy (non-hydrogen) atoms. The Balaban J connectivity index is 1.28. The van der Waals surface area contributed by atoms with Crippen molar-refractivity contribution >= 4 is 27.6 Å². The van der Waals surface area contributed by atoms with Gasteiger partial charge in [0.05, 0.1) is 31.2 Å². The topological polar surface area (TPSA) is 67.5 Å². The molecule has 5 aromatic rings. The molecule has 0 aliphatic rings. The molecule has 2 heterocycles. The number of ether oxygens (including phenoxy) is 3. The summed E-state index contributed by atoms with van der Waals surface area (Å²) in [4.78, 5) is 13.4. The summed E-state index contributed by atoms with van der Waals surface area (Å²) in [6.45, 7) is 8.63. The Morgan fingerprint density at radius 1 is 0.955 bits per heavy atom. The van der Waals surface area contributed by atoms with Crippen LogP contribution in [0.25, 0.3) is 21.7 Å². The highest BCUT2D eigenvalue weighted by Gasteiger charge is 2.23. The molecule has 8 heteroatoms. The summed E-state index contributed by atoms with van der Waals surface area (Å²) < 4.78 is 35.4. The first kappa shape index (κ1) is 31.3. The molecule has 5 rings (SSSR count). The number of halogens is 1. The van der Waals surface area contributed by atoms with Crippen LogP contribution in [0.3, 0.4) is 0 Å². The summed E-state index contributed by atoms with van der Waals surface area (Å²) in [7, 11) is 1.95. The van der Waals surface area contributed by atoms with Gasteiger partial charge in [0.15, 0.2) is 0 Å². The molecule has 0 aliphatic heterocycles. The van der Waals surface area contributed by atoms with Crippen LogP contribution >= 0.6 is 0 Å². The molecule has 0 saturated heterocycles. The Labute approximate surface area is 258 Å². The normalized spacial score (nSPS) is 11.5. The van der Waals surface area contributed by atoms with Crippen LogP contribution in [0.5, 0.6) is 5.75 Å². The number of aryl methyl sites for hydroxylation is 5. The fraction of sp³-hybridized carbons (Fsp3) is 0.389. The van der Waals surface area contributed by atoms with Gasteiger partial charge in [0.25, 0.3) is 0 Å². The first-order valence-corrected chi connectivity index (χ1v) is 15.6. The second-order valence-corrected chi connectivity index (χ2v) is 11.2. The minimum atomic E-state index is -0.299. The lowest BCUT2D eigenvalue weighted by Crippen LogP contribution is -2.15. The molecule has 0 spiro atoms. The Hall–Kier alpha value is -4.17. The van der Waals surface area contributed by atoms with Crippen LogP contribution in [-0.2, 0) is 42.5 Å². The van der Waals surface area contributed by atoms with Crippen molar-refractivity contribution in [1.29, 1.82) is 0 Å². The summed E-state index contributed by atoms with van der Waals surface area (Å²) in [5.74, 6) is 0.158. The second-order valence-electron chi connectivity index (χ2n) is 11.2. The summed E-state index contributed by atoms with van der Waals surface area (Å²) in [6, 6.07) is 18.8. The van der Waals surface area contributed by atoms with Gasteiger partial charge in [0.1, 0.15) is 17.3 Å². The van der Waals surface area contributed by atoms with E-state index in [4.69, 9.17) is 14.2 Å². The highest BCUT2D eigenvalue weighted by Crippen LogP contribution is 2.31. The minimum absolute atomic E-state index is 0.268. The molecule has 0 radical (unpaired) electrons. The SMILES string of the molecule is CCOC(=O)c1c(CCCOc2cccc3cc(F)ccc23)c2ccc(C)cc2n1CCCCOCc1cc(CC)nn1C. The molecule has 0 unspecified atom stereocenters. The number of aromatic nitrogens is 3. The van der Waals surface area contributed by atoms with Gasteiger partial charge in [-0.1, -0.05) is 31.2 Å². The van der Waals surface area contributed by atoms with Gasteiger partial charge in [-0.25, -0.2) is 9.18 Å². The number of esters is 1. The van der Waals surface area contributed by atoms with Crippen molar-refractivity contribution in [3.05, 3.63) is 94.7 Å². The Bertz CT molecular complexity index is 1740. The molecule has 2 aromatic heterocycles. The zero-order valence-electron chi connectivity index (χ0n) is 26.2. The molecule has 0 N–H and O–H groups in total. The number of carbonyl (C=O) groups is 1. The maximum atomic E-state index is 13.7. The zero-order valence-corrected chi connectivity index (χ0v) is 26.2. The minimum Gasteiger partial charge on any atom is -0.493 e. The van der Waals surface area contributed by atoms with E-state index in [0.29, 0.717) is 51.5 Å². The number of hydrogen-bond donors (Lipinski definition) is 0. The largest absolute Gasteiger partial charge is 0.493 e. The van der Waals surface area contributed by atoms with Crippen LogP contribution in [0.1, 0.15) is 66.1 Å². The standard InChI is InChI=1S/C36H42FN3O4/c1-5-28-23-29(39(4)38-28)24-42-19-8-7-18-40-33-21-25(3)14-16-31(33)32(35(40)36(41)43-6-2)12-10-20-44-34-13-9-11-26-22-27(37)15-17-30(26)34/h9,11,13-17,21-23H,5-8,10,12,18-20,24H2,1-4H3. The molecule has 0 atom stereocenters. The average molecular weight is 600 g/mol. The smallest absolute Gasteiger partial charge is 0.355 e. The molecule has 0 aliphatic carbocycles. The van der Waals surface area contributed by atoms with Crippen LogP contribution in [-0.4, -0.2) is 40.1 Å². The first-order valence-electron chi connectivity index (χ1n) is 15.6. The Kier molecular flexibility index (Phi) is 10.3. The monoisotopic (exact) mass is 599 g/mol. The quantitative estimate of drug-likeness (QED) is 0.0910. The molecule has 3 aromatic carbocycles. The highest BCUT2D eigenvalue weighted by atomic mass is 19.1. The predicted octanol–water partition coefficient (Wildman–Crippen LogP) is 7.72. The number of benzene rings is 3. The van der Waals surface area contributed by atoms with Crippen molar-refractivity contribution < 1.29 is 23.4 Å². The molecule has 232 valence electrons. The predicted molar refractivity (Wildman–Crippen MR) is 172 cm³/mol. The van der Waals surface area contributed by atoms with Gasteiger partial charge in [-0.15, -0.1) is 0 Å². The zero-order chi connectivity index (χ0) is 31.1. The van der Waals surface area contributed by atoms with Crippen LogP contribution in [0.2, 0.25) is 0 Å². The molecule has 0 bridgehead atoms. The lowest BCUT2D eigenvalue weighted by atomic mass is 10.0. The summed E-state index contributed by atoms with van der Waals surface area (Å²) in [6.07, 6.45) is 4.00. The van der Waals surface area contributed by atoms with Gasteiger partial charge < -0.3 is 18.8 Å². The molecule has 0 amide bonds. The van der Waals surface area contributed by atoms with Crippen LogP contribution in [0, 0.1) is 12.7 Å². The molecule has 0 fully saturated rings. The highest BCUT2D eigenvalue weighted by molar-refractivity contribution is 5.99. The fourth-order valence-electron chi connectivity index (χ4n) is 5.76. The van der Waals surface area contributed by atoms with E-state index in [1.54, 1.807) is 6.07 Å². The molecular weight excluding hydrogens is 557 g/mol. The second kappa shape index (κ2) is 14.5. The van der Waals surface area contributed by atoms with Crippen LogP contribution in [0.4, 0.5) is 4.39 Å². The number of nitrogens with zero attached hydrogens (tertiary/aromatic N) is 3. The summed E-state index contributed by atoms with van der Waals surface area (Å²) in [5.41, 5.74) is 5.93. The summed E-state index contributed by atoms with van der Waals surface area (Å²) in [5, 5.41) is 7.24. The third-order valence-electron chi connectivity index (χ3n) is 7.98. The lowest BCUT2D eigenvalue weighted by molar-refractivity contribution is 0.0512.